The third-order valence-corrected chi connectivity index (χ3v) is 3.50. The zero-order valence-corrected chi connectivity index (χ0v) is 10.0. The van der Waals surface area contributed by atoms with Crippen LogP contribution < -0.4 is 5.32 Å². The largest absolute Gasteiger partial charge is 0.317 e. The predicted octanol–water partition coefficient (Wildman–Crippen LogP) is 1.76. The number of hydrogen-bond donors (Lipinski definition) is 1. The van der Waals surface area contributed by atoms with Crippen LogP contribution in [0.1, 0.15) is 42.6 Å². The molecular weight excluding hydrogens is 186 g/mol. The van der Waals surface area contributed by atoms with Crippen molar-refractivity contribution in [2.45, 2.75) is 39.0 Å². The van der Waals surface area contributed by atoms with Crippen LogP contribution in [0, 0.1) is 6.92 Å². The molecule has 1 aliphatic rings. The second-order valence-electron chi connectivity index (χ2n) is 4.46. The molecule has 3 nitrogen and oxygen atoms in total. The summed E-state index contributed by atoms with van der Waals surface area (Å²) in [5, 5.41) is 8.01. The highest BCUT2D eigenvalue weighted by Gasteiger charge is 2.22. The molecule has 0 atom stereocenters. The highest BCUT2D eigenvalue weighted by atomic mass is 15.3. The van der Waals surface area contributed by atoms with Gasteiger partial charge in [0.2, 0.25) is 0 Å². The molecule has 0 spiro atoms. The summed E-state index contributed by atoms with van der Waals surface area (Å²) in [5.41, 5.74) is 4.16. The van der Waals surface area contributed by atoms with Crippen LogP contribution in [0.25, 0.3) is 0 Å². The Morgan fingerprint density at radius 3 is 2.60 bits per heavy atom. The summed E-state index contributed by atoms with van der Waals surface area (Å²) in [6, 6.07) is 0. The van der Waals surface area contributed by atoms with E-state index in [1.165, 1.54) is 29.8 Å². The summed E-state index contributed by atoms with van der Waals surface area (Å²) >= 11 is 0. The lowest BCUT2D eigenvalue weighted by Crippen LogP contribution is -2.27. The lowest BCUT2D eigenvalue weighted by Gasteiger charge is -2.23. The Morgan fingerprint density at radius 1 is 1.40 bits per heavy atom. The van der Waals surface area contributed by atoms with Crippen molar-refractivity contribution in [3.05, 3.63) is 17.0 Å². The number of aromatic nitrogens is 2. The summed E-state index contributed by atoms with van der Waals surface area (Å²) < 4.78 is 2.10. The van der Waals surface area contributed by atoms with Gasteiger partial charge in [0.15, 0.2) is 0 Å². The van der Waals surface area contributed by atoms with Crippen LogP contribution in [0.15, 0.2) is 0 Å². The van der Waals surface area contributed by atoms with E-state index in [0.717, 1.165) is 19.5 Å². The van der Waals surface area contributed by atoms with Crippen LogP contribution in [-0.4, -0.2) is 22.9 Å². The highest BCUT2D eigenvalue weighted by Crippen LogP contribution is 2.28. The van der Waals surface area contributed by atoms with Crippen LogP contribution in [-0.2, 0) is 13.5 Å². The first kappa shape index (κ1) is 10.7. The summed E-state index contributed by atoms with van der Waals surface area (Å²) in [5.74, 6) is 0.712. The zero-order chi connectivity index (χ0) is 10.8. The quantitative estimate of drug-likeness (QED) is 0.801. The smallest absolute Gasteiger partial charge is 0.0653 e. The fraction of sp³-hybridized carbons (Fsp3) is 0.750. The van der Waals surface area contributed by atoms with Crippen molar-refractivity contribution in [1.29, 1.82) is 0 Å². The fourth-order valence-corrected chi connectivity index (χ4v) is 2.70. The molecule has 1 fully saturated rings. The zero-order valence-electron chi connectivity index (χ0n) is 10.0. The summed E-state index contributed by atoms with van der Waals surface area (Å²) in [4.78, 5) is 0. The number of nitrogens with one attached hydrogen (secondary N) is 1. The van der Waals surface area contributed by atoms with Gasteiger partial charge in [-0.15, -0.1) is 0 Å². The highest BCUT2D eigenvalue weighted by molar-refractivity contribution is 5.28. The molecule has 3 heteroatoms. The van der Waals surface area contributed by atoms with Gasteiger partial charge in [-0.2, -0.15) is 5.10 Å². The van der Waals surface area contributed by atoms with Gasteiger partial charge in [0.05, 0.1) is 5.69 Å². The Kier molecular flexibility index (Phi) is 3.10. The molecule has 0 saturated carbocycles. The van der Waals surface area contributed by atoms with E-state index in [1.807, 2.05) is 0 Å². The van der Waals surface area contributed by atoms with Crippen molar-refractivity contribution in [1.82, 2.24) is 15.1 Å². The van der Waals surface area contributed by atoms with E-state index < -0.39 is 0 Å². The number of rotatable bonds is 2. The number of nitrogens with zero attached hydrogens (tertiary/aromatic N) is 2. The maximum atomic E-state index is 4.60. The van der Waals surface area contributed by atoms with Crippen LogP contribution in [0.3, 0.4) is 0 Å². The standard InChI is InChI=1S/C12H21N3/c1-4-11-9(2)12(15(3)14-11)10-5-7-13-8-6-10/h10,13H,4-8H2,1-3H3. The first-order chi connectivity index (χ1) is 7.24. The van der Waals surface area contributed by atoms with Crippen molar-refractivity contribution >= 4 is 0 Å². The van der Waals surface area contributed by atoms with Crippen LogP contribution in [0.2, 0.25) is 0 Å². The minimum Gasteiger partial charge on any atom is -0.317 e. The average Bonchev–Trinajstić information content (AvgIpc) is 2.55. The molecule has 1 saturated heterocycles. The fourth-order valence-electron chi connectivity index (χ4n) is 2.70. The normalized spacial score (nSPS) is 18.3. The second kappa shape index (κ2) is 4.35. The molecule has 0 bridgehead atoms. The van der Waals surface area contributed by atoms with E-state index in [2.05, 4.69) is 36.0 Å². The molecule has 15 heavy (non-hydrogen) atoms. The average molecular weight is 207 g/mol. The van der Waals surface area contributed by atoms with E-state index in [1.54, 1.807) is 0 Å². The molecule has 0 aromatic carbocycles. The predicted molar refractivity (Wildman–Crippen MR) is 62.2 cm³/mol. The van der Waals surface area contributed by atoms with E-state index in [-0.39, 0.29) is 0 Å². The molecular formula is C12H21N3. The molecule has 0 amide bonds. The Balaban J connectivity index is 2.29. The Labute approximate surface area is 91.9 Å². The molecule has 0 unspecified atom stereocenters. The molecule has 1 N–H and O–H groups in total. The first-order valence-electron chi connectivity index (χ1n) is 5.97. The molecule has 2 rings (SSSR count). The van der Waals surface area contributed by atoms with Crippen LogP contribution >= 0.6 is 0 Å². The van der Waals surface area contributed by atoms with Crippen molar-refractivity contribution in [3.63, 3.8) is 0 Å². The van der Waals surface area contributed by atoms with Crippen molar-refractivity contribution in [3.8, 4) is 0 Å². The molecule has 1 aromatic heterocycles. The van der Waals surface area contributed by atoms with Gasteiger partial charge in [-0.3, -0.25) is 4.68 Å². The molecule has 0 aliphatic carbocycles. The maximum Gasteiger partial charge on any atom is 0.0653 e. The van der Waals surface area contributed by atoms with Crippen molar-refractivity contribution in [2.75, 3.05) is 13.1 Å². The minimum absolute atomic E-state index is 0.712. The lowest BCUT2D eigenvalue weighted by molar-refractivity contribution is 0.438. The van der Waals surface area contributed by atoms with Gasteiger partial charge < -0.3 is 5.32 Å². The number of piperidine rings is 1. The molecule has 84 valence electrons. The summed E-state index contributed by atoms with van der Waals surface area (Å²) in [6.07, 6.45) is 3.55. The van der Waals surface area contributed by atoms with Gasteiger partial charge in [-0.1, -0.05) is 6.92 Å². The number of aryl methyl sites for hydroxylation is 2. The monoisotopic (exact) mass is 207 g/mol. The summed E-state index contributed by atoms with van der Waals surface area (Å²) in [7, 11) is 2.09. The third kappa shape index (κ3) is 1.93. The summed E-state index contributed by atoms with van der Waals surface area (Å²) in [6.45, 7) is 6.71. The van der Waals surface area contributed by atoms with Crippen LogP contribution in [0.5, 0.6) is 0 Å². The van der Waals surface area contributed by atoms with E-state index in [0.29, 0.717) is 5.92 Å². The van der Waals surface area contributed by atoms with E-state index >= 15 is 0 Å². The topological polar surface area (TPSA) is 29.9 Å². The maximum absolute atomic E-state index is 4.60. The number of hydrogen-bond acceptors (Lipinski definition) is 2. The molecule has 2 heterocycles. The first-order valence-corrected chi connectivity index (χ1v) is 5.97. The molecule has 0 radical (unpaired) electrons. The van der Waals surface area contributed by atoms with E-state index in [4.69, 9.17) is 0 Å². The third-order valence-electron chi connectivity index (χ3n) is 3.50. The second-order valence-corrected chi connectivity index (χ2v) is 4.46. The minimum atomic E-state index is 0.712. The van der Waals surface area contributed by atoms with Gasteiger partial charge in [0.1, 0.15) is 0 Å². The van der Waals surface area contributed by atoms with Crippen LogP contribution in [0.4, 0.5) is 0 Å². The lowest BCUT2D eigenvalue weighted by atomic mass is 9.91. The Hall–Kier alpha value is -0.830. The molecule has 1 aliphatic heterocycles. The van der Waals surface area contributed by atoms with Crippen molar-refractivity contribution in [2.24, 2.45) is 7.05 Å². The SMILES string of the molecule is CCc1nn(C)c(C2CCNCC2)c1C. The van der Waals surface area contributed by atoms with E-state index in [9.17, 15) is 0 Å². The van der Waals surface area contributed by atoms with Crippen molar-refractivity contribution < 1.29 is 0 Å². The van der Waals surface area contributed by atoms with Gasteiger partial charge >= 0.3 is 0 Å². The van der Waals surface area contributed by atoms with Gasteiger partial charge in [-0.05, 0) is 44.8 Å². The Bertz CT molecular complexity index is 335. The van der Waals surface area contributed by atoms with Gasteiger partial charge in [0, 0.05) is 18.7 Å². The Morgan fingerprint density at radius 2 is 2.07 bits per heavy atom. The van der Waals surface area contributed by atoms with Gasteiger partial charge in [-0.25, -0.2) is 0 Å². The van der Waals surface area contributed by atoms with Gasteiger partial charge in [0.25, 0.3) is 0 Å². The molecule has 1 aromatic rings.